The third kappa shape index (κ3) is 4.21. The summed E-state index contributed by atoms with van der Waals surface area (Å²) in [4.78, 5) is 11.8. The molecule has 1 rings (SSSR count). The fraction of sp³-hybridized carbons (Fsp3) is 0.357. The number of hydrogen-bond acceptors (Lipinski definition) is 3. The molecule has 0 spiro atoms. The van der Waals surface area contributed by atoms with Gasteiger partial charge >= 0.3 is 0 Å². The molecule has 0 fully saturated rings. The van der Waals surface area contributed by atoms with E-state index >= 15 is 0 Å². The van der Waals surface area contributed by atoms with Crippen LogP contribution in [0.5, 0.6) is 0 Å². The highest BCUT2D eigenvalue weighted by Gasteiger charge is 2.13. The fourth-order valence-electron chi connectivity index (χ4n) is 1.43. The minimum absolute atomic E-state index is 0.222. The van der Waals surface area contributed by atoms with Gasteiger partial charge in [0.15, 0.2) is 0 Å². The number of nitrogens with two attached hydrogens (primary N) is 1. The van der Waals surface area contributed by atoms with E-state index in [4.69, 9.17) is 16.9 Å². The zero-order chi connectivity index (χ0) is 13.4. The maximum atomic E-state index is 11.8. The van der Waals surface area contributed by atoms with Crippen LogP contribution < -0.4 is 11.1 Å². The first kappa shape index (κ1) is 14.2. The van der Waals surface area contributed by atoms with Gasteiger partial charge in [0.1, 0.15) is 0 Å². The van der Waals surface area contributed by atoms with Crippen LogP contribution in [-0.2, 0) is 16.1 Å². The number of benzene rings is 1. The van der Waals surface area contributed by atoms with Gasteiger partial charge in [-0.25, -0.2) is 0 Å². The Kier molecular flexibility index (Phi) is 5.92. The molecule has 1 amide bonds. The summed E-state index contributed by atoms with van der Waals surface area (Å²) in [6.07, 6.45) is 5.35. The van der Waals surface area contributed by atoms with Crippen LogP contribution in [0.4, 0.5) is 5.69 Å². The lowest BCUT2D eigenvalue weighted by Gasteiger charge is -2.13. The first-order valence-electron chi connectivity index (χ1n) is 5.84. The summed E-state index contributed by atoms with van der Waals surface area (Å²) < 4.78 is 5.33. The summed E-state index contributed by atoms with van der Waals surface area (Å²) in [6, 6.07) is 6.77. The second kappa shape index (κ2) is 7.49. The van der Waals surface area contributed by atoms with E-state index in [1.54, 1.807) is 0 Å². The number of hydrogen-bond donors (Lipinski definition) is 2. The average Bonchev–Trinajstić information content (AvgIpc) is 2.38. The Balaban J connectivity index is 2.71. The maximum absolute atomic E-state index is 11.8. The second-order valence-corrected chi connectivity index (χ2v) is 3.80. The Bertz CT molecular complexity index is 438. The van der Waals surface area contributed by atoms with Gasteiger partial charge in [-0.05, 0) is 13.0 Å². The maximum Gasteiger partial charge on any atom is 0.242 e. The van der Waals surface area contributed by atoms with Gasteiger partial charge in [0, 0.05) is 24.3 Å². The number of ether oxygens (including phenoxy) is 1. The monoisotopic (exact) mass is 246 g/mol. The van der Waals surface area contributed by atoms with Gasteiger partial charge in [0.25, 0.3) is 0 Å². The predicted octanol–water partition coefficient (Wildman–Crippen LogP) is 1.51. The van der Waals surface area contributed by atoms with Crippen molar-refractivity contribution in [2.24, 2.45) is 5.73 Å². The number of carbonyl (C=O) groups excluding carboxylic acids is 1. The Hall–Kier alpha value is -1.83. The molecule has 18 heavy (non-hydrogen) atoms. The summed E-state index contributed by atoms with van der Waals surface area (Å²) in [5, 5.41) is 2.76. The second-order valence-electron chi connectivity index (χ2n) is 3.80. The van der Waals surface area contributed by atoms with Crippen LogP contribution in [0.15, 0.2) is 24.3 Å². The van der Waals surface area contributed by atoms with Crippen LogP contribution in [0.1, 0.15) is 18.9 Å². The first-order valence-corrected chi connectivity index (χ1v) is 5.84. The van der Waals surface area contributed by atoms with E-state index in [1.165, 1.54) is 0 Å². The third-order valence-electron chi connectivity index (χ3n) is 2.41. The first-order chi connectivity index (χ1) is 8.69. The summed E-state index contributed by atoms with van der Waals surface area (Å²) in [6.45, 7) is 3.00. The molecule has 96 valence electrons. The third-order valence-corrected chi connectivity index (χ3v) is 2.41. The fourth-order valence-corrected chi connectivity index (χ4v) is 1.43. The van der Waals surface area contributed by atoms with Crippen LogP contribution >= 0.6 is 0 Å². The molecule has 4 nitrogen and oxygen atoms in total. The number of amides is 1. The summed E-state index contributed by atoms with van der Waals surface area (Å²) in [5.74, 6) is 2.09. The largest absolute Gasteiger partial charge is 0.377 e. The number of nitrogens with one attached hydrogen (secondary N) is 1. The van der Waals surface area contributed by atoms with Crippen molar-refractivity contribution in [2.45, 2.75) is 26.0 Å². The molecule has 1 aromatic carbocycles. The molecule has 0 saturated carbocycles. The van der Waals surface area contributed by atoms with Gasteiger partial charge in [-0.15, -0.1) is 12.3 Å². The molecule has 4 heteroatoms. The van der Waals surface area contributed by atoms with Crippen molar-refractivity contribution in [1.29, 1.82) is 0 Å². The lowest BCUT2D eigenvalue weighted by atomic mass is 10.1. The molecule has 0 aliphatic carbocycles. The molecular formula is C14H18N2O2. The summed E-state index contributed by atoms with van der Waals surface area (Å²) >= 11 is 0. The van der Waals surface area contributed by atoms with Crippen molar-refractivity contribution in [3.63, 3.8) is 0 Å². The smallest absolute Gasteiger partial charge is 0.242 e. The zero-order valence-corrected chi connectivity index (χ0v) is 10.5. The normalized spacial score (nSPS) is 11.6. The van der Waals surface area contributed by atoms with Gasteiger partial charge < -0.3 is 15.8 Å². The number of anilines is 1. The summed E-state index contributed by atoms with van der Waals surface area (Å²) in [7, 11) is 0. The lowest BCUT2D eigenvalue weighted by Crippen LogP contribution is -2.35. The van der Waals surface area contributed by atoms with Crippen LogP contribution in [0.2, 0.25) is 0 Å². The molecule has 0 heterocycles. The molecule has 1 atom stereocenters. The highest BCUT2D eigenvalue weighted by molar-refractivity contribution is 5.95. The Morgan fingerprint density at radius 1 is 1.56 bits per heavy atom. The quantitative estimate of drug-likeness (QED) is 0.748. The van der Waals surface area contributed by atoms with Crippen molar-refractivity contribution in [1.82, 2.24) is 0 Å². The Morgan fingerprint density at radius 2 is 2.28 bits per heavy atom. The van der Waals surface area contributed by atoms with Gasteiger partial charge in [-0.2, -0.15) is 0 Å². The van der Waals surface area contributed by atoms with E-state index in [0.29, 0.717) is 18.9 Å². The molecule has 1 unspecified atom stereocenters. The number of para-hydroxylation sites is 1. The molecule has 0 aromatic heterocycles. The Morgan fingerprint density at radius 3 is 2.94 bits per heavy atom. The van der Waals surface area contributed by atoms with E-state index in [9.17, 15) is 4.79 Å². The topological polar surface area (TPSA) is 64.4 Å². The number of terminal acetylenes is 1. The van der Waals surface area contributed by atoms with Crippen LogP contribution in [0.3, 0.4) is 0 Å². The summed E-state index contributed by atoms with van der Waals surface area (Å²) in [5.41, 5.74) is 7.27. The van der Waals surface area contributed by atoms with E-state index in [0.717, 1.165) is 5.56 Å². The molecule has 0 aliphatic heterocycles. The zero-order valence-electron chi connectivity index (χ0n) is 10.5. The molecule has 0 saturated heterocycles. The lowest BCUT2D eigenvalue weighted by molar-refractivity contribution is -0.117. The van der Waals surface area contributed by atoms with Crippen molar-refractivity contribution in [2.75, 3.05) is 11.9 Å². The standard InChI is InChI=1S/C14H18N2O2/c1-3-7-12(15)14(17)16-13-9-6-5-8-11(13)10-18-4-2/h1,5-6,8-9,12H,4,7,10,15H2,2H3,(H,16,17). The van der Waals surface area contributed by atoms with E-state index in [-0.39, 0.29) is 12.3 Å². The highest BCUT2D eigenvalue weighted by Crippen LogP contribution is 2.16. The van der Waals surface area contributed by atoms with E-state index < -0.39 is 6.04 Å². The molecule has 0 aliphatic rings. The van der Waals surface area contributed by atoms with Crippen molar-refractivity contribution in [3.05, 3.63) is 29.8 Å². The van der Waals surface area contributed by atoms with E-state index in [2.05, 4.69) is 11.2 Å². The molecule has 0 bridgehead atoms. The molecule has 3 N–H and O–H groups in total. The number of carbonyl (C=O) groups is 1. The van der Waals surface area contributed by atoms with Crippen molar-refractivity contribution in [3.8, 4) is 12.3 Å². The minimum Gasteiger partial charge on any atom is -0.377 e. The van der Waals surface area contributed by atoms with Crippen LogP contribution in [0, 0.1) is 12.3 Å². The van der Waals surface area contributed by atoms with E-state index in [1.807, 2.05) is 31.2 Å². The minimum atomic E-state index is -0.685. The highest BCUT2D eigenvalue weighted by atomic mass is 16.5. The molecule has 0 radical (unpaired) electrons. The Labute approximate surface area is 108 Å². The predicted molar refractivity (Wildman–Crippen MR) is 71.8 cm³/mol. The van der Waals surface area contributed by atoms with Gasteiger partial charge in [0.05, 0.1) is 12.6 Å². The van der Waals surface area contributed by atoms with Crippen molar-refractivity contribution < 1.29 is 9.53 Å². The molecular weight excluding hydrogens is 228 g/mol. The van der Waals surface area contributed by atoms with Crippen molar-refractivity contribution >= 4 is 11.6 Å². The number of rotatable bonds is 6. The van der Waals surface area contributed by atoms with Crippen LogP contribution in [0.25, 0.3) is 0 Å². The van der Waals surface area contributed by atoms with Gasteiger partial charge in [-0.1, -0.05) is 18.2 Å². The SMILES string of the molecule is C#CCC(N)C(=O)Nc1ccccc1COCC. The van der Waals surface area contributed by atoms with Gasteiger partial charge in [-0.3, -0.25) is 4.79 Å². The average molecular weight is 246 g/mol. The molecule has 1 aromatic rings. The van der Waals surface area contributed by atoms with Gasteiger partial charge in [0.2, 0.25) is 5.91 Å². The van der Waals surface area contributed by atoms with Crippen LogP contribution in [-0.4, -0.2) is 18.6 Å².